The zero-order valence-corrected chi connectivity index (χ0v) is 30.8. The number of benzene rings is 2. The van der Waals surface area contributed by atoms with Crippen LogP contribution in [0.1, 0.15) is 26.4 Å². The number of aromatic nitrogens is 1. The van der Waals surface area contributed by atoms with Crippen LogP contribution < -0.4 is 15.2 Å². The fourth-order valence-corrected chi connectivity index (χ4v) is 5.40. The van der Waals surface area contributed by atoms with Gasteiger partial charge in [-0.1, -0.05) is 40.8 Å². The molecule has 0 aliphatic heterocycles. The highest BCUT2D eigenvalue weighted by atomic mass is 127. The van der Waals surface area contributed by atoms with Crippen LogP contribution in [-0.4, -0.2) is 119 Å². The number of hydrogen-bond donors (Lipinski definition) is 2. The number of rotatable bonds is 26. The number of nitrogens with two attached hydrogens (primary N) is 1. The Kier molecular flexibility index (Phi) is 17.4. The Labute approximate surface area is 310 Å². The van der Waals surface area contributed by atoms with Crippen molar-refractivity contribution in [3.63, 3.8) is 0 Å². The Morgan fingerprint density at radius 1 is 0.725 bits per heavy atom. The normalized spacial score (nSPS) is 11.3. The highest BCUT2D eigenvalue weighted by molar-refractivity contribution is 14.1. The number of hydrogen-bond acceptors (Lipinski definition) is 11. The molecule has 276 valence electrons. The number of carboxylic acids is 1. The van der Waals surface area contributed by atoms with E-state index >= 15 is 0 Å². The third-order valence-electron chi connectivity index (χ3n) is 7.48. The van der Waals surface area contributed by atoms with Crippen LogP contribution in [0.4, 0.5) is 5.69 Å². The fraction of sp³-hybridized carbons (Fsp3) is 0.405. The number of carboxylic acid groups (broad SMARTS) is 1. The maximum atomic E-state index is 14.0. The molecule has 0 fully saturated rings. The molecule has 3 N–H and O–H groups in total. The number of methoxy groups -OCH3 is 1. The van der Waals surface area contributed by atoms with E-state index in [0.717, 1.165) is 16.6 Å². The second-order valence-electron chi connectivity index (χ2n) is 10.9. The van der Waals surface area contributed by atoms with E-state index in [1.807, 2.05) is 42.5 Å². The molecule has 2 aromatic heterocycles. The van der Waals surface area contributed by atoms with Crippen LogP contribution in [0.5, 0.6) is 11.5 Å². The van der Waals surface area contributed by atoms with Gasteiger partial charge in [-0.3, -0.25) is 4.79 Å². The molecule has 0 aliphatic rings. The second kappa shape index (κ2) is 22.2. The van der Waals surface area contributed by atoms with Crippen LogP contribution in [0.2, 0.25) is 0 Å². The number of halogens is 1. The number of nitrogen functional groups attached to an aromatic ring is 1. The quantitative estimate of drug-likeness (QED) is 0.0287. The molecular formula is C37H45IN2O11. The lowest BCUT2D eigenvalue weighted by Gasteiger charge is -2.11. The standard InChI is InChI=1S/C37H45IN2O11/c1-44-36-32-4-2-3-12-40(32)34(35(41)28-7-10-31(39)30(26-28)37(42)43)33(36)27-5-8-29(9-6-27)51-25-24-50-23-22-49-21-20-48-19-18-47-17-16-46-15-14-45-13-11-38/h2-10,12,26H,11,13-25,39H2,1H3,(H,42,43). The summed E-state index contributed by atoms with van der Waals surface area (Å²) in [7, 11) is 1.55. The Balaban J connectivity index is 1.18. The van der Waals surface area contributed by atoms with Crippen molar-refractivity contribution in [2.45, 2.75) is 0 Å². The molecule has 0 amide bonds. The van der Waals surface area contributed by atoms with Gasteiger partial charge < -0.3 is 53.1 Å². The fourth-order valence-electron chi connectivity index (χ4n) is 5.09. The third kappa shape index (κ3) is 12.2. The van der Waals surface area contributed by atoms with Crippen molar-refractivity contribution in [1.82, 2.24) is 4.40 Å². The minimum atomic E-state index is -1.21. The van der Waals surface area contributed by atoms with Gasteiger partial charge in [0.1, 0.15) is 18.1 Å². The monoisotopic (exact) mass is 820 g/mol. The number of carbonyl (C=O) groups excluding carboxylic acids is 1. The summed E-state index contributed by atoms with van der Waals surface area (Å²) < 4.78 is 47.2. The maximum absolute atomic E-state index is 14.0. The smallest absolute Gasteiger partial charge is 0.337 e. The van der Waals surface area contributed by atoms with E-state index in [9.17, 15) is 14.7 Å². The van der Waals surface area contributed by atoms with E-state index in [4.69, 9.17) is 43.6 Å². The summed E-state index contributed by atoms with van der Waals surface area (Å²) in [6, 6.07) is 17.1. The number of ketones is 1. The number of anilines is 1. The molecule has 0 saturated carbocycles. The minimum absolute atomic E-state index is 0.0762. The number of ether oxygens (including phenoxy) is 8. The van der Waals surface area contributed by atoms with Crippen molar-refractivity contribution >= 4 is 45.5 Å². The molecule has 14 heteroatoms. The molecule has 4 aromatic rings. The van der Waals surface area contributed by atoms with Crippen molar-refractivity contribution in [1.29, 1.82) is 0 Å². The highest BCUT2D eigenvalue weighted by Crippen LogP contribution is 2.41. The van der Waals surface area contributed by atoms with Crippen LogP contribution in [-0.2, 0) is 28.4 Å². The van der Waals surface area contributed by atoms with E-state index in [-0.39, 0.29) is 22.6 Å². The molecule has 0 radical (unpaired) electrons. The molecule has 0 saturated heterocycles. The van der Waals surface area contributed by atoms with E-state index in [1.54, 1.807) is 17.7 Å². The molecule has 0 aliphatic carbocycles. The number of nitrogens with zero attached hydrogens (tertiary/aromatic N) is 1. The third-order valence-corrected chi connectivity index (χ3v) is 7.92. The van der Waals surface area contributed by atoms with Gasteiger partial charge in [-0.25, -0.2) is 4.79 Å². The zero-order valence-electron chi connectivity index (χ0n) is 28.7. The first-order chi connectivity index (χ1) is 25.0. The highest BCUT2D eigenvalue weighted by Gasteiger charge is 2.27. The number of pyridine rings is 1. The number of carbonyl (C=O) groups is 2. The number of alkyl halides is 1. The van der Waals surface area contributed by atoms with Gasteiger partial charge in [0.2, 0.25) is 5.78 Å². The van der Waals surface area contributed by atoms with E-state index < -0.39 is 5.97 Å². The zero-order chi connectivity index (χ0) is 36.3. The maximum Gasteiger partial charge on any atom is 0.337 e. The average Bonchev–Trinajstić information content (AvgIpc) is 3.48. The second-order valence-corrected chi connectivity index (χ2v) is 12.0. The van der Waals surface area contributed by atoms with Gasteiger partial charge >= 0.3 is 5.97 Å². The molecule has 51 heavy (non-hydrogen) atoms. The molecule has 0 bridgehead atoms. The van der Waals surface area contributed by atoms with Gasteiger partial charge in [0.05, 0.1) is 103 Å². The van der Waals surface area contributed by atoms with Crippen molar-refractivity contribution in [2.75, 3.05) is 103 Å². The molecule has 13 nitrogen and oxygen atoms in total. The van der Waals surface area contributed by atoms with Crippen molar-refractivity contribution in [3.8, 4) is 22.6 Å². The Morgan fingerprint density at radius 3 is 1.80 bits per heavy atom. The summed E-state index contributed by atoms with van der Waals surface area (Å²) in [5.41, 5.74) is 8.27. The Morgan fingerprint density at radius 2 is 1.27 bits per heavy atom. The summed E-state index contributed by atoms with van der Waals surface area (Å²) in [6.07, 6.45) is 1.77. The van der Waals surface area contributed by atoms with Crippen LogP contribution in [0.3, 0.4) is 0 Å². The molecule has 0 spiro atoms. The molecule has 0 atom stereocenters. The lowest BCUT2D eigenvalue weighted by atomic mass is 9.98. The van der Waals surface area contributed by atoms with E-state index in [0.29, 0.717) is 108 Å². The van der Waals surface area contributed by atoms with Gasteiger partial charge in [0.15, 0.2) is 5.75 Å². The van der Waals surface area contributed by atoms with Gasteiger partial charge in [-0.2, -0.15) is 0 Å². The van der Waals surface area contributed by atoms with Crippen molar-refractivity contribution in [2.24, 2.45) is 0 Å². The van der Waals surface area contributed by atoms with Crippen LogP contribution in [0.15, 0.2) is 66.9 Å². The predicted molar refractivity (Wildman–Crippen MR) is 200 cm³/mol. The van der Waals surface area contributed by atoms with Crippen molar-refractivity contribution < 1.29 is 52.6 Å². The summed E-state index contributed by atoms with van der Waals surface area (Å²) in [4.78, 5) is 25.7. The van der Waals surface area contributed by atoms with Crippen LogP contribution in [0, 0.1) is 0 Å². The lowest BCUT2D eigenvalue weighted by molar-refractivity contribution is -0.0171. The average molecular weight is 821 g/mol. The molecule has 2 heterocycles. The summed E-state index contributed by atoms with van der Waals surface area (Å²) >= 11 is 2.27. The van der Waals surface area contributed by atoms with Crippen LogP contribution >= 0.6 is 22.6 Å². The summed E-state index contributed by atoms with van der Waals surface area (Å²) in [5.74, 6) is -0.448. The first-order valence-corrected chi connectivity index (χ1v) is 18.1. The van der Waals surface area contributed by atoms with E-state index in [2.05, 4.69) is 22.6 Å². The number of fused-ring (bicyclic) bond motifs is 1. The largest absolute Gasteiger partial charge is 0.494 e. The number of aromatic carboxylic acids is 1. The van der Waals surface area contributed by atoms with Gasteiger partial charge in [-0.15, -0.1) is 0 Å². The summed E-state index contributed by atoms with van der Waals surface area (Å²) in [6.45, 7) is 6.50. The van der Waals surface area contributed by atoms with Gasteiger partial charge in [0, 0.05) is 21.9 Å². The molecule has 0 unspecified atom stereocenters. The topological polar surface area (TPSA) is 159 Å². The van der Waals surface area contributed by atoms with Gasteiger partial charge in [0.25, 0.3) is 0 Å². The predicted octanol–water partition coefficient (Wildman–Crippen LogP) is 5.04. The summed E-state index contributed by atoms with van der Waals surface area (Å²) in [5, 5.41) is 9.57. The van der Waals surface area contributed by atoms with Gasteiger partial charge in [-0.05, 0) is 48.0 Å². The van der Waals surface area contributed by atoms with Crippen LogP contribution in [0.25, 0.3) is 16.6 Å². The minimum Gasteiger partial charge on any atom is -0.494 e. The molecule has 4 rings (SSSR count). The Hall–Kier alpha value is -3.77. The Bertz CT molecular complexity index is 1660. The SMILES string of the molecule is COc1c(-c2ccc(OCCOCCOCCOCCOCCOCCOCCI)cc2)c(C(=O)c2ccc(N)c(C(=O)O)c2)n2ccccc12. The van der Waals surface area contributed by atoms with Crippen molar-refractivity contribution in [3.05, 3.63) is 83.7 Å². The lowest BCUT2D eigenvalue weighted by Crippen LogP contribution is -2.14. The first kappa shape index (κ1) is 40.0. The molecule has 2 aromatic carbocycles. The van der Waals surface area contributed by atoms with E-state index in [1.165, 1.54) is 18.2 Å². The molecular weight excluding hydrogens is 775 g/mol. The first-order valence-electron chi connectivity index (χ1n) is 16.6.